The van der Waals surface area contributed by atoms with Crippen molar-refractivity contribution in [3.63, 3.8) is 0 Å². The summed E-state index contributed by atoms with van der Waals surface area (Å²) in [5.41, 5.74) is 4.80. The highest BCUT2D eigenvalue weighted by molar-refractivity contribution is 7.98. The quantitative estimate of drug-likeness (QED) is 0.272. The molecule has 0 radical (unpaired) electrons. The molecule has 2 heterocycles. The van der Waals surface area contributed by atoms with Gasteiger partial charge in [-0.2, -0.15) is 0 Å². The van der Waals surface area contributed by atoms with Crippen LogP contribution >= 0.6 is 36.6 Å². The van der Waals surface area contributed by atoms with Gasteiger partial charge in [0.2, 0.25) is 0 Å². The van der Waals surface area contributed by atoms with E-state index in [0.29, 0.717) is 10.7 Å². The molecule has 3 nitrogen and oxygen atoms in total. The zero-order chi connectivity index (χ0) is 21.6. The summed E-state index contributed by atoms with van der Waals surface area (Å²) in [6.07, 6.45) is 8.55. The highest BCUT2D eigenvalue weighted by Gasteiger charge is 2.16. The first-order valence-corrected chi connectivity index (χ1v) is 11.7. The van der Waals surface area contributed by atoms with Gasteiger partial charge in [0.1, 0.15) is 11.6 Å². The van der Waals surface area contributed by atoms with Crippen LogP contribution in [0, 0.1) is 11.6 Å². The molecule has 8 heteroatoms. The standard InChI is InChI=1S/C25H25F2N3S.2ClH/c1-31-25-28-17-21(24(29-25)19-6-8-22(26)9-7-19)12-15-30-13-10-18(11-14-30)16-20-4-2-3-5-23(20)27;;/h2-9,16-17H,10-15H2,1H3;2*1H. The van der Waals surface area contributed by atoms with Crippen molar-refractivity contribution in [2.24, 2.45) is 0 Å². The van der Waals surface area contributed by atoms with Crippen LogP contribution < -0.4 is 0 Å². The van der Waals surface area contributed by atoms with Crippen molar-refractivity contribution in [3.05, 3.63) is 83.1 Å². The van der Waals surface area contributed by atoms with E-state index in [-0.39, 0.29) is 36.4 Å². The molecule has 0 saturated carbocycles. The number of rotatable bonds is 6. The SMILES string of the molecule is CSc1ncc(CCN2CCC(=Cc3ccccc3F)CC2)c(-c2ccc(F)cc2)n1.Cl.Cl. The molecule has 0 spiro atoms. The maximum atomic E-state index is 13.9. The zero-order valence-corrected chi connectivity index (χ0v) is 20.8. The smallest absolute Gasteiger partial charge is 0.187 e. The van der Waals surface area contributed by atoms with Gasteiger partial charge in [-0.3, -0.25) is 0 Å². The van der Waals surface area contributed by atoms with E-state index < -0.39 is 0 Å². The molecule has 0 aliphatic carbocycles. The number of hydrogen-bond donors (Lipinski definition) is 0. The zero-order valence-electron chi connectivity index (χ0n) is 18.3. The summed E-state index contributed by atoms with van der Waals surface area (Å²) in [6, 6.07) is 13.4. The van der Waals surface area contributed by atoms with E-state index in [4.69, 9.17) is 0 Å². The second kappa shape index (κ2) is 13.0. The summed E-state index contributed by atoms with van der Waals surface area (Å²) in [6.45, 7) is 2.81. The third-order valence-corrected chi connectivity index (χ3v) is 6.17. The Hall–Kier alpha value is -1.99. The summed E-state index contributed by atoms with van der Waals surface area (Å²) in [4.78, 5) is 11.6. The van der Waals surface area contributed by atoms with Gasteiger partial charge in [-0.15, -0.1) is 24.8 Å². The summed E-state index contributed by atoms with van der Waals surface area (Å²) >= 11 is 1.50. The Kier molecular flexibility index (Phi) is 10.8. The van der Waals surface area contributed by atoms with Gasteiger partial charge < -0.3 is 4.90 Å². The Balaban J connectivity index is 0.00000193. The molecule has 1 aromatic heterocycles. The second-order valence-corrected chi connectivity index (χ2v) is 8.43. The number of benzene rings is 2. The normalized spacial score (nSPS) is 13.7. The predicted octanol–water partition coefficient (Wildman–Crippen LogP) is 6.71. The minimum absolute atomic E-state index is 0. The van der Waals surface area contributed by atoms with Crippen LogP contribution in [-0.4, -0.2) is 40.8 Å². The number of nitrogens with zero attached hydrogens (tertiary/aromatic N) is 3. The average molecular weight is 510 g/mol. The molecule has 1 aliphatic rings. The van der Waals surface area contributed by atoms with Crippen LogP contribution in [0.4, 0.5) is 8.78 Å². The molecule has 0 unspecified atom stereocenters. The maximum Gasteiger partial charge on any atom is 0.187 e. The van der Waals surface area contributed by atoms with E-state index in [0.717, 1.165) is 55.7 Å². The van der Waals surface area contributed by atoms with E-state index in [9.17, 15) is 8.78 Å². The summed E-state index contributed by atoms with van der Waals surface area (Å²) in [7, 11) is 0. The van der Waals surface area contributed by atoms with Crippen LogP contribution in [0.3, 0.4) is 0 Å². The summed E-state index contributed by atoms with van der Waals surface area (Å²) in [5.74, 6) is -0.420. The Labute approximate surface area is 210 Å². The Morgan fingerprint density at radius 2 is 1.70 bits per heavy atom. The van der Waals surface area contributed by atoms with Crippen molar-refractivity contribution < 1.29 is 8.78 Å². The number of halogens is 4. The lowest BCUT2D eigenvalue weighted by Crippen LogP contribution is -2.32. The third kappa shape index (κ3) is 7.24. The van der Waals surface area contributed by atoms with E-state index in [2.05, 4.69) is 14.9 Å². The fourth-order valence-electron chi connectivity index (χ4n) is 3.83. The Morgan fingerprint density at radius 1 is 1.00 bits per heavy atom. The van der Waals surface area contributed by atoms with Gasteiger partial charge in [0.25, 0.3) is 0 Å². The third-order valence-electron chi connectivity index (χ3n) is 5.60. The lowest BCUT2D eigenvalue weighted by atomic mass is 10.00. The van der Waals surface area contributed by atoms with Crippen LogP contribution in [0.2, 0.25) is 0 Å². The molecule has 33 heavy (non-hydrogen) atoms. The van der Waals surface area contributed by atoms with Gasteiger partial charge in [0.05, 0.1) is 5.69 Å². The number of piperidine rings is 1. The molecular weight excluding hydrogens is 483 g/mol. The van der Waals surface area contributed by atoms with Crippen LogP contribution in [0.1, 0.15) is 24.0 Å². The predicted molar refractivity (Wildman–Crippen MR) is 137 cm³/mol. The van der Waals surface area contributed by atoms with Gasteiger partial charge in [-0.25, -0.2) is 18.7 Å². The average Bonchev–Trinajstić information content (AvgIpc) is 2.80. The highest BCUT2D eigenvalue weighted by Crippen LogP contribution is 2.25. The molecule has 0 amide bonds. The number of likely N-dealkylation sites (tertiary alicyclic amines) is 1. The van der Waals surface area contributed by atoms with Crippen molar-refractivity contribution in [1.82, 2.24) is 14.9 Å². The first-order valence-electron chi connectivity index (χ1n) is 10.4. The van der Waals surface area contributed by atoms with E-state index >= 15 is 0 Å². The van der Waals surface area contributed by atoms with Gasteiger partial charge in [0, 0.05) is 37.0 Å². The molecule has 4 rings (SSSR count). The Morgan fingerprint density at radius 3 is 2.36 bits per heavy atom. The van der Waals surface area contributed by atoms with Gasteiger partial charge in [-0.1, -0.05) is 41.6 Å². The van der Waals surface area contributed by atoms with Gasteiger partial charge in [0.15, 0.2) is 5.16 Å². The van der Waals surface area contributed by atoms with Crippen molar-refractivity contribution in [2.75, 3.05) is 25.9 Å². The molecule has 1 aliphatic heterocycles. The van der Waals surface area contributed by atoms with E-state index in [1.165, 1.54) is 35.5 Å². The molecule has 2 aromatic carbocycles. The molecule has 176 valence electrons. The molecule has 0 atom stereocenters. The minimum Gasteiger partial charge on any atom is -0.302 e. The van der Waals surface area contributed by atoms with Gasteiger partial charge in [-0.05, 0) is 61.4 Å². The lowest BCUT2D eigenvalue weighted by Gasteiger charge is -2.28. The van der Waals surface area contributed by atoms with Crippen molar-refractivity contribution in [1.29, 1.82) is 0 Å². The second-order valence-electron chi connectivity index (χ2n) is 7.65. The van der Waals surface area contributed by atoms with Crippen LogP contribution in [0.25, 0.3) is 17.3 Å². The number of hydrogen-bond acceptors (Lipinski definition) is 4. The molecule has 3 aromatic rings. The largest absolute Gasteiger partial charge is 0.302 e. The number of thioether (sulfide) groups is 1. The first kappa shape index (κ1) is 27.3. The molecule has 0 bridgehead atoms. The van der Waals surface area contributed by atoms with E-state index in [1.54, 1.807) is 18.2 Å². The maximum absolute atomic E-state index is 13.9. The van der Waals surface area contributed by atoms with Crippen molar-refractivity contribution in [3.8, 4) is 11.3 Å². The molecule has 0 N–H and O–H groups in total. The number of aromatic nitrogens is 2. The molecule has 1 fully saturated rings. The first-order chi connectivity index (χ1) is 15.1. The van der Waals surface area contributed by atoms with Crippen molar-refractivity contribution >= 4 is 42.7 Å². The van der Waals surface area contributed by atoms with Crippen LogP contribution in [0.15, 0.2) is 65.5 Å². The van der Waals surface area contributed by atoms with Crippen LogP contribution in [-0.2, 0) is 6.42 Å². The minimum atomic E-state index is -0.253. The summed E-state index contributed by atoms with van der Waals surface area (Å²) < 4.78 is 27.3. The van der Waals surface area contributed by atoms with Crippen molar-refractivity contribution in [2.45, 2.75) is 24.4 Å². The van der Waals surface area contributed by atoms with Gasteiger partial charge >= 0.3 is 0 Å². The molecule has 1 saturated heterocycles. The fraction of sp³-hybridized carbons (Fsp3) is 0.280. The monoisotopic (exact) mass is 509 g/mol. The lowest BCUT2D eigenvalue weighted by molar-refractivity contribution is 0.260. The topological polar surface area (TPSA) is 29.0 Å². The van der Waals surface area contributed by atoms with E-state index in [1.807, 2.05) is 30.7 Å². The Bertz CT molecular complexity index is 1070. The highest BCUT2D eigenvalue weighted by atomic mass is 35.5. The fourth-order valence-corrected chi connectivity index (χ4v) is 4.17. The molecular formula is C25H27Cl2F2N3S. The van der Waals surface area contributed by atoms with Crippen LogP contribution in [0.5, 0.6) is 0 Å². The summed E-state index contributed by atoms with van der Waals surface area (Å²) in [5, 5.41) is 0.712.